The number of nitrogens with zero attached hydrogens (tertiary/aromatic N) is 2. The maximum absolute atomic E-state index is 13.0. The molecule has 2 heterocycles. The predicted molar refractivity (Wildman–Crippen MR) is 106 cm³/mol. The van der Waals surface area contributed by atoms with Crippen molar-refractivity contribution in [1.82, 2.24) is 9.21 Å². The first-order valence-corrected chi connectivity index (χ1v) is 11.3. The predicted octanol–water partition coefficient (Wildman–Crippen LogP) is 1.98. The number of hydrogen-bond donors (Lipinski definition) is 1. The molecule has 27 heavy (non-hydrogen) atoms. The van der Waals surface area contributed by atoms with E-state index in [1.165, 1.54) is 4.31 Å². The molecule has 150 valence electrons. The molecule has 2 aliphatic heterocycles. The molecule has 3 unspecified atom stereocenters. The molecule has 0 saturated carbocycles. The summed E-state index contributed by atoms with van der Waals surface area (Å²) in [5, 5.41) is 0. The Morgan fingerprint density at radius 2 is 1.78 bits per heavy atom. The average molecular weight is 394 g/mol. The van der Waals surface area contributed by atoms with E-state index in [1.54, 1.807) is 24.3 Å². The largest absolute Gasteiger partial charge is 0.342 e. The van der Waals surface area contributed by atoms with Gasteiger partial charge >= 0.3 is 0 Å². The third-order valence-corrected chi connectivity index (χ3v) is 7.78. The van der Waals surface area contributed by atoms with Crippen molar-refractivity contribution in [3.05, 3.63) is 29.8 Å². The van der Waals surface area contributed by atoms with Crippen LogP contribution in [0.15, 0.2) is 29.2 Å². The van der Waals surface area contributed by atoms with Gasteiger partial charge in [0.05, 0.1) is 10.8 Å². The molecule has 2 fully saturated rings. The number of aryl methyl sites for hydroxylation is 1. The summed E-state index contributed by atoms with van der Waals surface area (Å²) in [5.74, 6) is 0.161. The van der Waals surface area contributed by atoms with E-state index in [2.05, 4.69) is 0 Å². The maximum atomic E-state index is 13.0. The minimum atomic E-state index is -3.56. The first kappa shape index (κ1) is 20.3. The smallest absolute Gasteiger partial charge is 0.243 e. The van der Waals surface area contributed by atoms with Crippen LogP contribution >= 0.6 is 0 Å². The van der Waals surface area contributed by atoms with E-state index in [0.717, 1.165) is 31.4 Å². The molecule has 2 saturated heterocycles. The van der Waals surface area contributed by atoms with E-state index in [-0.39, 0.29) is 24.4 Å². The minimum Gasteiger partial charge on any atom is -0.342 e. The van der Waals surface area contributed by atoms with Crippen molar-refractivity contribution in [1.29, 1.82) is 0 Å². The highest BCUT2D eigenvalue weighted by molar-refractivity contribution is 7.89. The second-order valence-corrected chi connectivity index (χ2v) is 10.00. The zero-order valence-electron chi connectivity index (χ0n) is 16.3. The Balaban J connectivity index is 1.70. The van der Waals surface area contributed by atoms with Crippen LogP contribution < -0.4 is 5.73 Å². The van der Waals surface area contributed by atoms with Crippen LogP contribution in [0.1, 0.15) is 38.2 Å². The number of piperidine rings is 2. The summed E-state index contributed by atoms with van der Waals surface area (Å²) in [6, 6.07) is 6.98. The Morgan fingerprint density at radius 1 is 1.11 bits per heavy atom. The lowest BCUT2D eigenvalue weighted by Crippen LogP contribution is -2.50. The molecule has 0 spiro atoms. The summed E-state index contributed by atoms with van der Waals surface area (Å²) in [6.45, 7) is 6.12. The van der Waals surface area contributed by atoms with Crippen molar-refractivity contribution in [3.8, 4) is 0 Å². The van der Waals surface area contributed by atoms with Gasteiger partial charge in [0.1, 0.15) is 0 Å². The Morgan fingerprint density at radius 3 is 2.44 bits per heavy atom. The van der Waals surface area contributed by atoms with Crippen molar-refractivity contribution in [2.75, 3.05) is 26.2 Å². The van der Waals surface area contributed by atoms with Crippen LogP contribution in [0.4, 0.5) is 0 Å². The highest BCUT2D eigenvalue weighted by atomic mass is 32.2. The number of hydrogen-bond acceptors (Lipinski definition) is 4. The molecular formula is C20H31N3O3S. The summed E-state index contributed by atoms with van der Waals surface area (Å²) >= 11 is 0. The van der Waals surface area contributed by atoms with Gasteiger partial charge in [0, 0.05) is 32.2 Å². The van der Waals surface area contributed by atoms with Crippen molar-refractivity contribution in [3.63, 3.8) is 0 Å². The van der Waals surface area contributed by atoms with Gasteiger partial charge in [0.2, 0.25) is 15.9 Å². The van der Waals surface area contributed by atoms with Crippen molar-refractivity contribution in [2.24, 2.45) is 17.6 Å². The van der Waals surface area contributed by atoms with Gasteiger partial charge in [-0.15, -0.1) is 0 Å². The molecule has 3 atom stereocenters. The zero-order valence-corrected chi connectivity index (χ0v) is 17.1. The van der Waals surface area contributed by atoms with Crippen LogP contribution in [-0.2, 0) is 14.8 Å². The lowest BCUT2D eigenvalue weighted by atomic mass is 9.90. The molecule has 0 bridgehead atoms. The van der Waals surface area contributed by atoms with Gasteiger partial charge in [0.15, 0.2) is 0 Å². The number of likely N-dealkylation sites (tertiary alicyclic amines) is 1. The number of carbonyl (C=O) groups excluding carboxylic acids is 1. The Kier molecular flexibility index (Phi) is 6.23. The Hall–Kier alpha value is -1.44. The molecule has 6 nitrogen and oxygen atoms in total. The molecule has 0 radical (unpaired) electrons. The van der Waals surface area contributed by atoms with Gasteiger partial charge in [-0.2, -0.15) is 4.31 Å². The third kappa shape index (κ3) is 4.52. The molecule has 2 aliphatic rings. The minimum absolute atomic E-state index is 0.0744. The third-order valence-electron chi connectivity index (χ3n) is 5.91. The van der Waals surface area contributed by atoms with Crippen LogP contribution in [0.3, 0.4) is 0 Å². The van der Waals surface area contributed by atoms with E-state index in [9.17, 15) is 13.2 Å². The molecule has 2 N–H and O–H groups in total. The molecule has 0 aromatic heterocycles. The van der Waals surface area contributed by atoms with Crippen LogP contribution in [0.25, 0.3) is 0 Å². The summed E-state index contributed by atoms with van der Waals surface area (Å²) < 4.78 is 27.4. The topological polar surface area (TPSA) is 83.7 Å². The average Bonchev–Trinajstić information content (AvgIpc) is 2.68. The monoisotopic (exact) mass is 393 g/mol. The lowest BCUT2D eigenvalue weighted by molar-refractivity contribution is -0.138. The van der Waals surface area contributed by atoms with E-state index in [4.69, 9.17) is 5.73 Å². The summed E-state index contributed by atoms with van der Waals surface area (Å²) in [4.78, 5) is 15.2. The first-order chi connectivity index (χ1) is 12.8. The van der Waals surface area contributed by atoms with Crippen molar-refractivity contribution < 1.29 is 13.2 Å². The Bertz CT molecular complexity index is 761. The summed E-state index contributed by atoms with van der Waals surface area (Å²) in [6.07, 6.45) is 3.49. The second kappa shape index (κ2) is 8.29. The zero-order chi connectivity index (χ0) is 19.6. The maximum Gasteiger partial charge on any atom is 0.243 e. The molecule has 3 rings (SSSR count). The van der Waals surface area contributed by atoms with Gasteiger partial charge in [0.25, 0.3) is 0 Å². The van der Waals surface area contributed by atoms with E-state index in [1.807, 2.05) is 18.7 Å². The quantitative estimate of drug-likeness (QED) is 0.848. The van der Waals surface area contributed by atoms with Crippen molar-refractivity contribution >= 4 is 15.9 Å². The molecule has 1 aromatic carbocycles. The number of amides is 1. The fraction of sp³-hybridized carbons (Fsp3) is 0.650. The van der Waals surface area contributed by atoms with Crippen LogP contribution in [-0.4, -0.2) is 55.8 Å². The number of nitrogens with two attached hydrogens (primary N) is 1. The van der Waals surface area contributed by atoms with Crippen LogP contribution in [0, 0.1) is 18.8 Å². The van der Waals surface area contributed by atoms with E-state index < -0.39 is 10.0 Å². The van der Waals surface area contributed by atoms with E-state index >= 15 is 0 Å². The standard InChI is InChI=1S/C20H31N3O3S/c1-15-7-9-19(10-8-15)27(25,26)23-12-4-6-18(14-23)20(24)22-11-3-5-17(13-22)16(2)21/h7-10,16-18H,3-6,11-14,21H2,1-2H3. The summed E-state index contributed by atoms with van der Waals surface area (Å²) in [5.41, 5.74) is 7.06. The first-order valence-electron chi connectivity index (χ1n) is 9.90. The number of benzene rings is 1. The normalized spacial score (nSPS) is 26.0. The highest BCUT2D eigenvalue weighted by Crippen LogP contribution is 2.27. The van der Waals surface area contributed by atoms with Gasteiger partial charge in [-0.05, 0) is 57.6 Å². The molecule has 7 heteroatoms. The second-order valence-electron chi connectivity index (χ2n) is 8.06. The Labute approximate surface area is 162 Å². The molecule has 1 aromatic rings. The number of sulfonamides is 1. The van der Waals surface area contributed by atoms with Gasteiger partial charge < -0.3 is 10.6 Å². The molecule has 0 aliphatic carbocycles. The van der Waals surface area contributed by atoms with E-state index in [0.29, 0.717) is 30.3 Å². The SMILES string of the molecule is Cc1ccc(S(=O)(=O)N2CCCC(C(=O)N3CCCC(C(C)N)C3)C2)cc1. The van der Waals surface area contributed by atoms with Crippen LogP contribution in [0.2, 0.25) is 0 Å². The molecular weight excluding hydrogens is 362 g/mol. The van der Waals surface area contributed by atoms with Gasteiger partial charge in [-0.3, -0.25) is 4.79 Å². The fourth-order valence-electron chi connectivity index (χ4n) is 4.12. The number of carbonyl (C=O) groups is 1. The number of rotatable bonds is 4. The van der Waals surface area contributed by atoms with Crippen molar-refractivity contribution in [2.45, 2.75) is 50.5 Å². The fourth-order valence-corrected chi connectivity index (χ4v) is 5.64. The highest BCUT2D eigenvalue weighted by Gasteiger charge is 2.36. The van der Waals surface area contributed by atoms with Crippen LogP contribution in [0.5, 0.6) is 0 Å². The van der Waals surface area contributed by atoms with Gasteiger partial charge in [-0.25, -0.2) is 8.42 Å². The summed E-state index contributed by atoms with van der Waals surface area (Å²) in [7, 11) is -3.56. The lowest BCUT2D eigenvalue weighted by Gasteiger charge is -2.39. The van der Waals surface area contributed by atoms with Gasteiger partial charge in [-0.1, -0.05) is 17.7 Å². The molecule has 1 amide bonds.